The Labute approximate surface area is 119 Å². The van der Waals surface area contributed by atoms with Crippen LogP contribution in [0, 0.1) is 5.92 Å². The number of hydrogen-bond acceptors (Lipinski definition) is 3. The molecule has 2 rings (SSSR count). The fourth-order valence-electron chi connectivity index (χ4n) is 2.61. The zero-order chi connectivity index (χ0) is 14.0. The van der Waals surface area contributed by atoms with Crippen LogP contribution >= 0.6 is 11.6 Å². The van der Waals surface area contributed by atoms with Gasteiger partial charge in [-0.2, -0.15) is 0 Å². The number of nitrogens with two attached hydrogens (primary N) is 1. The van der Waals surface area contributed by atoms with Crippen LogP contribution in [0.3, 0.4) is 0 Å². The summed E-state index contributed by atoms with van der Waals surface area (Å²) >= 11 is 6.10. The van der Waals surface area contributed by atoms with Crippen LogP contribution in [0.5, 0.6) is 0 Å². The lowest BCUT2D eigenvalue weighted by molar-refractivity contribution is 0.482. The van der Waals surface area contributed by atoms with E-state index in [1.807, 2.05) is 0 Å². The van der Waals surface area contributed by atoms with Crippen molar-refractivity contribution in [2.24, 2.45) is 11.1 Å². The molecular formula is C13H19ClN2O2S. The fraction of sp³-hybridized carbons (Fsp3) is 0.538. The highest BCUT2D eigenvalue weighted by Crippen LogP contribution is 2.31. The van der Waals surface area contributed by atoms with Crippen LogP contribution in [0.2, 0.25) is 5.02 Å². The zero-order valence-corrected chi connectivity index (χ0v) is 12.5. The maximum atomic E-state index is 11.3. The number of rotatable bonds is 4. The molecule has 1 aromatic carbocycles. The van der Waals surface area contributed by atoms with E-state index in [0.29, 0.717) is 16.6 Å². The van der Waals surface area contributed by atoms with E-state index >= 15 is 0 Å². The summed E-state index contributed by atoms with van der Waals surface area (Å²) in [5.41, 5.74) is 0.632. The lowest BCUT2D eigenvalue weighted by atomic mass is 9.99. The van der Waals surface area contributed by atoms with Crippen LogP contribution < -0.4 is 10.5 Å². The van der Waals surface area contributed by atoms with Gasteiger partial charge in [-0.15, -0.1) is 0 Å². The summed E-state index contributed by atoms with van der Waals surface area (Å²) in [5.74, 6) is 0.620. The summed E-state index contributed by atoms with van der Waals surface area (Å²) < 4.78 is 22.7. The largest absolute Gasteiger partial charge is 0.381 e. The first-order valence-corrected chi connectivity index (χ1v) is 8.39. The van der Waals surface area contributed by atoms with Gasteiger partial charge in [0, 0.05) is 6.04 Å². The Kier molecular flexibility index (Phi) is 4.38. The average Bonchev–Trinajstić information content (AvgIpc) is 2.84. The molecule has 106 valence electrons. The first kappa shape index (κ1) is 14.6. The summed E-state index contributed by atoms with van der Waals surface area (Å²) in [6.07, 6.45) is 4.95. The lowest BCUT2D eigenvalue weighted by Gasteiger charge is -2.22. The number of benzene rings is 1. The van der Waals surface area contributed by atoms with Crippen molar-refractivity contribution in [3.05, 3.63) is 23.2 Å². The molecule has 1 unspecified atom stereocenters. The third-order valence-corrected chi connectivity index (χ3v) is 5.00. The Morgan fingerprint density at radius 1 is 1.37 bits per heavy atom. The molecule has 1 aliphatic carbocycles. The molecule has 4 nitrogen and oxygen atoms in total. The molecule has 0 saturated heterocycles. The summed E-state index contributed by atoms with van der Waals surface area (Å²) in [4.78, 5) is 0.0815. The predicted octanol–water partition coefficient (Wildman–Crippen LogP) is 2.98. The zero-order valence-electron chi connectivity index (χ0n) is 10.9. The number of anilines is 1. The van der Waals surface area contributed by atoms with Gasteiger partial charge >= 0.3 is 0 Å². The maximum absolute atomic E-state index is 11.3. The first-order valence-electron chi connectivity index (χ1n) is 6.47. The van der Waals surface area contributed by atoms with Crippen molar-refractivity contribution in [3.63, 3.8) is 0 Å². The van der Waals surface area contributed by atoms with Gasteiger partial charge in [-0.25, -0.2) is 13.6 Å². The van der Waals surface area contributed by atoms with Crippen LogP contribution in [-0.2, 0) is 10.0 Å². The topological polar surface area (TPSA) is 72.2 Å². The number of primary sulfonamides is 1. The minimum atomic E-state index is -3.70. The van der Waals surface area contributed by atoms with Crippen LogP contribution in [0.1, 0.15) is 32.6 Å². The third kappa shape index (κ3) is 3.61. The summed E-state index contributed by atoms with van der Waals surface area (Å²) in [7, 11) is -3.70. The molecule has 0 aliphatic heterocycles. The van der Waals surface area contributed by atoms with Crippen LogP contribution in [-0.4, -0.2) is 14.5 Å². The van der Waals surface area contributed by atoms with E-state index in [4.69, 9.17) is 16.7 Å². The molecule has 3 N–H and O–H groups in total. The molecule has 0 spiro atoms. The highest BCUT2D eigenvalue weighted by atomic mass is 35.5. The van der Waals surface area contributed by atoms with E-state index in [-0.39, 0.29) is 10.9 Å². The molecule has 0 bridgehead atoms. The Balaban J connectivity index is 2.19. The SMILES string of the molecule is CC(Nc1cc(S(N)(=O)=O)ccc1Cl)C1CCCC1. The van der Waals surface area contributed by atoms with E-state index in [1.165, 1.54) is 37.8 Å². The average molecular weight is 303 g/mol. The van der Waals surface area contributed by atoms with Gasteiger partial charge in [-0.3, -0.25) is 0 Å². The number of halogens is 1. The Morgan fingerprint density at radius 2 is 2.00 bits per heavy atom. The van der Waals surface area contributed by atoms with Gasteiger partial charge < -0.3 is 5.32 Å². The van der Waals surface area contributed by atoms with Crippen LogP contribution in [0.15, 0.2) is 23.1 Å². The molecule has 0 heterocycles. The molecule has 0 aromatic heterocycles. The highest BCUT2D eigenvalue weighted by molar-refractivity contribution is 7.89. The number of nitrogens with one attached hydrogen (secondary N) is 1. The van der Waals surface area contributed by atoms with Crippen molar-refractivity contribution in [2.45, 2.75) is 43.5 Å². The molecule has 1 atom stereocenters. The molecule has 0 amide bonds. The second-order valence-corrected chi connectivity index (χ2v) is 7.13. The Bertz CT molecular complexity index is 554. The van der Waals surface area contributed by atoms with E-state index in [2.05, 4.69) is 12.2 Å². The van der Waals surface area contributed by atoms with Crippen LogP contribution in [0.4, 0.5) is 5.69 Å². The Hall–Kier alpha value is -0.780. The summed E-state index contributed by atoms with van der Waals surface area (Å²) in [5, 5.41) is 8.95. The second kappa shape index (κ2) is 5.69. The summed E-state index contributed by atoms with van der Waals surface area (Å²) in [6, 6.07) is 4.76. The third-order valence-electron chi connectivity index (χ3n) is 3.76. The van der Waals surface area contributed by atoms with Gasteiger partial charge in [0.1, 0.15) is 0 Å². The Morgan fingerprint density at radius 3 is 2.58 bits per heavy atom. The highest BCUT2D eigenvalue weighted by Gasteiger charge is 2.22. The van der Waals surface area contributed by atoms with Gasteiger partial charge in [0.05, 0.1) is 15.6 Å². The predicted molar refractivity (Wildman–Crippen MR) is 77.9 cm³/mol. The van der Waals surface area contributed by atoms with Gasteiger partial charge in [0.2, 0.25) is 10.0 Å². The fourth-order valence-corrected chi connectivity index (χ4v) is 3.32. The lowest BCUT2D eigenvalue weighted by Crippen LogP contribution is -2.24. The number of sulfonamides is 1. The monoisotopic (exact) mass is 302 g/mol. The van der Waals surface area contributed by atoms with Gasteiger partial charge in [-0.1, -0.05) is 24.4 Å². The van der Waals surface area contributed by atoms with Crippen molar-refractivity contribution in [2.75, 3.05) is 5.32 Å². The normalized spacial score (nSPS) is 18.5. The van der Waals surface area contributed by atoms with Crippen molar-refractivity contribution >= 4 is 27.3 Å². The maximum Gasteiger partial charge on any atom is 0.238 e. The van der Waals surface area contributed by atoms with E-state index in [9.17, 15) is 8.42 Å². The first-order chi connectivity index (χ1) is 8.88. The van der Waals surface area contributed by atoms with Crippen molar-refractivity contribution in [1.29, 1.82) is 0 Å². The van der Waals surface area contributed by atoms with E-state index < -0.39 is 10.0 Å². The second-order valence-electron chi connectivity index (χ2n) is 5.16. The quantitative estimate of drug-likeness (QED) is 0.898. The molecule has 1 fully saturated rings. The van der Waals surface area contributed by atoms with Gasteiger partial charge in [0.15, 0.2) is 0 Å². The van der Waals surface area contributed by atoms with Crippen LogP contribution in [0.25, 0.3) is 0 Å². The molecule has 6 heteroatoms. The molecule has 1 aromatic rings. The minimum absolute atomic E-state index is 0.0815. The molecule has 1 saturated carbocycles. The molecule has 0 radical (unpaired) electrons. The molecule has 1 aliphatic rings. The smallest absolute Gasteiger partial charge is 0.238 e. The van der Waals surface area contributed by atoms with Gasteiger partial charge in [-0.05, 0) is 43.9 Å². The van der Waals surface area contributed by atoms with E-state index in [0.717, 1.165) is 0 Å². The van der Waals surface area contributed by atoms with Crippen molar-refractivity contribution < 1.29 is 8.42 Å². The van der Waals surface area contributed by atoms with Crippen molar-refractivity contribution in [1.82, 2.24) is 0 Å². The van der Waals surface area contributed by atoms with E-state index in [1.54, 1.807) is 6.07 Å². The standard InChI is InChI=1S/C13H19ClN2O2S/c1-9(10-4-2-3-5-10)16-13-8-11(19(15,17)18)6-7-12(13)14/h6-10,16H,2-5H2,1H3,(H2,15,17,18). The van der Waals surface area contributed by atoms with Gasteiger partial charge in [0.25, 0.3) is 0 Å². The molecule has 19 heavy (non-hydrogen) atoms. The van der Waals surface area contributed by atoms with Crippen molar-refractivity contribution in [3.8, 4) is 0 Å². The summed E-state index contributed by atoms with van der Waals surface area (Å²) in [6.45, 7) is 2.11. The molecular weight excluding hydrogens is 284 g/mol. The minimum Gasteiger partial charge on any atom is -0.381 e. The number of hydrogen-bond donors (Lipinski definition) is 2.